The van der Waals surface area contributed by atoms with E-state index in [1.54, 1.807) is 10.9 Å². The molecule has 0 bridgehead atoms. The minimum Gasteiger partial charge on any atom is -0.351 e. The highest BCUT2D eigenvalue weighted by Gasteiger charge is 2.48. The van der Waals surface area contributed by atoms with Crippen LogP contribution in [0.15, 0.2) is 67.3 Å². The Labute approximate surface area is 274 Å². The summed E-state index contributed by atoms with van der Waals surface area (Å²) < 4.78 is 1.77. The molecular formula is C36H39N9O2. The average Bonchev–Trinajstić information content (AvgIpc) is 3.70. The van der Waals surface area contributed by atoms with E-state index in [1.165, 1.54) is 0 Å². The highest BCUT2D eigenvalue weighted by molar-refractivity contribution is 5.83. The Balaban J connectivity index is 1.03. The van der Waals surface area contributed by atoms with Crippen LogP contribution in [-0.2, 0) is 29.6 Å². The number of hydrogen-bond acceptors (Lipinski definition) is 8. The molecular weight excluding hydrogens is 590 g/mol. The van der Waals surface area contributed by atoms with Crippen LogP contribution in [-0.4, -0.2) is 55.2 Å². The van der Waals surface area contributed by atoms with Crippen LogP contribution in [0.2, 0.25) is 0 Å². The zero-order chi connectivity index (χ0) is 32.4. The van der Waals surface area contributed by atoms with Crippen LogP contribution >= 0.6 is 0 Å². The predicted molar refractivity (Wildman–Crippen MR) is 176 cm³/mol. The lowest BCUT2D eigenvalue weighted by Crippen LogP contribution is -2.67. The Morgan fingerprint density at radius 3 is 2.53 bits per heavy atom. The van der Waals surface area contributed by atoms with Crippen molar-refractivity contribution in [1.82, 2.24) is 35.4 Å². The topological polar surface area (TPSA) is 142 Å². The van der Waals surface area contributed by atoms with Crippen molar-refractivity contribution in [3.05, 3.63) is 89.9 Å². The number of aryl methyl sites for hydroxylation is 1. The third-order valence-corrected chi connectivity index (χ3v) is 10.0. The van der Waals surface area contributed by atoms with Gasteiger partial charge < -0.3 is 15.5 Å². The molecule has 1 unspecified atom stereocenters. The van der Waals surface area contributed by atoms with E-state index in [2.05, 4.69) is 31.7 Å². The van der Waals surface area contributed by atoms with Crippen LogP contribution < -0.4 is 15.5 Å². The second-order valence-corrected chi connectivity index (χ2v) is 13.4. The number of anilines is 1. The minimum absolute atomic E-state index is 0.00442. The molecule has 11 heteroatoms. The first-order chi connectivity index (χ1) is 22.9. The van der Waals surface area contributed by atoms with E-state index in [0.29, 0.717) is 43.4 Å². The number of benzene rings is 1. The van der Waals surface area contributed by atoms with E-state index in [1.807, 2.05) is 68.1 Å². The summed E-state index contributed by atoms with van der Waals surface area (Å²) in [7, 11) is 1.89. The maximum Gasteiger partial charge on any atom is 0.229 e. The molecule has 2 saturated heterocycles. The van der Waals surface area contributed by atoms with Gasteiger partial charge in [0.2, 0.25) is 11.8 Å². The van der Waals surface area contributed by atoms with E-state index in [4.69, 9.17) is 9.97 Å². The van der Waals surface area contributed by atoms with Gasteiger partial charge in [-0.2, -0.15) is 10.4 Å². The fourth-order valence-electron chi connectivity index (χ4n) is 7.47. The summed E-state index contributed by atoms with van der Waals surface area (Å²) in [6.07, 6.45) is 13.1. The molecule has 240 valence electrons. The van der Waals surface area contributed by atoms with Gasteiger partial charge in [0.15, 0.2) is 0 Å². The molecule has 2 N–H and O–H groups in total. The smallest absolute Gasteiger partial charge is 0.229 e. The summed E-state index contributed by atoms with van der Waals surface area (Å²) in [5, 5.41) is 20.3. The average molecular weight is 630 g/mol. The summed E-state index contributed by atoms with van der Waals surface area (Å²) in [5.41, 5.74) is 4.08. The molecule has 5 heterocycles. The highest BCUT2D eigenvalue weighted by atomic mass is 16.2. The van der Waals surface area contributed by atoms with Crippen molar-refractivity contribution in [2.45, 2.75) is 62.9 Å². The maximum absolute atomic E-state index is 13.8. The van der Waals surface area contributed by atoms with Crippen molar-refractivity contribution in [3.8, 4) is 17.2 Å². The van der Waals surface area contributed by atoms with Gasteiger partial charge in [-0.1, -0.05) is 36.4 Å². The minimum atomic E-state index is -0.352. The van der Waals surface area contributed by atoms with Gasteiger partial charge in [0.05, 0.1) is 29.5 Å². The lowest BCUT2D eigenvalue weighted by molar-refractivity contribution is -0.124. The standard InChI is InChI=1S/C36H39N9O2/c1-44-21-29(20-41-44)27-11-12-30(38-18-27)33(35(47)40-17-25-5-3-2-4-6-25)26-9-7-24(8-10-26)15-31-39-19-28(16-37)34(42-31)45-22-36(23-45)14-13-32(46)43-36/h2-6,11-12,18-21,24,26,33H,7-10,13-15,17,22-23H2,1H3,(H,40,47)(H,43,46). The molecule has 11 nitrogen and oxygen atoms in total. The molecule has 1 atom stereocenters. The summed E-state index contributed by atoms with van der Waals surface area (Å²) in [4.78, 5) is 41.9. The van der Waals surface area contributed by atoms with Crippen molar-refractivity contribution in [2.75, 3.05) is 18.0 Å². The monoisotopic (exact) mass is 629 g/mol. The number of nitrogens with one attached hydrogen (secondary N) is 2. The predicted octanol–water partition coefficient (Wildman–Crippen LogP) is 4.06. The van der Waals surface area contributed by atoms with Crippen molar-refractivity contribution in [2.24, 2.45) is 18.9 Å². The third kappa shape index (κ3) is 6.59. The SMILES string of the molecule is Cn1cc(-c2ccc(C(C(=O)NCc3ccccc3)C3CCC(Cc4ncc(C#N)c(N5CC6(CCC(=O)N6)C5)n4)CC3)nc2)cn1. The largest absolute Gasteiger partial charge is 0.351 e. The maximum atomic E-state index is 13.8. The Kier molecular flexibility index (Phi) is 8.41. The van der Waals surface area contributed by atoms with Gasteiger partial charge in [-0.25, -0.2) is 9.97 Å². The van der Waals surface area contributed by atoms with Crippen molar-refractivity contribution < 1.29 is 9.59 Å². The first kappa shape index (κ1) is 30.5. The number of nitriles is 1. The van der Waals surface area contributed by atoms with Gasteiger partial charge in [-0.05, 0) is 55.6 Å². The first-order valence-electron chi connectivity index (χ1n) is 16.5. The van der Waals surface area contributed by atoms with Crippen LogP contribution in [0.5, 0.6) is 0 Å². The zero-order valence-corrected chi connectivity index (χ0v) is 26.6. The molecule has 3 aliphatic rings. The normalized spacial score (nSPS) is 20.7. The van der Waals surface area contributed by atoms with Gasteiger partial charge in [0.25, 0.3) is 0 Å². The molecule has 7 rings (SSSR count). The number of carbonyl (C=O) groups is 2. The number of hydrogen-bond donors (Lipinski definition) is 2. The molecule has 3 fully saturated rings. The number of rotatable bonds is 9. The summed E-state index contributed by atoms with van der Waals surface area (Å²) in [5.74, 6) is 1.70. The highest BCUT2D eigenvalue weighted by Crippen LogP contribution is 2.40. The fraction of sp³-hybridized carbons (Fsp3) is 0.417. The zero-order valence-electron chi connectivity index (χ0n) is 26.6. The van der Waals surface area contributed by atoms with Crippen molar-refractivity contribution in [3.63, 3.8) is 0 Å². The molecule has 1 saturated carbocycles. The molecule has 2 aliphatic heterocycles. The van der Waals surface area contributed by atoms with Crippen molar-refractivity contribution >= 4 is 17.6 Å². The number of pyridine rings is 1. The molecule has 2 amide bonds. The second-order valence-electron chi connectivity index (χ2n) is 13.4. The quantitative estimate of drug-likeness (QED) is 0.282. The van der Waals surface area contributed by atoms with Crippen LogP contribution in [0.25, 0.3) is 11.1 Å². The van der Waals surface area contributed by atoms with E-state index >= 15 is 0 Å². The number of aromatic nitrogens is 5. The molecule has 1 aliphatic carbocycles. The lowest BCUT2D eigenvalue weighted by Gasteiger charge is -2.48. The van der Waals surface area contributed by atoms with Crippen LogP contribution in [0.4, 0.5) is 5.82 Å². The van der Waals surface area contributed by atoms with E-state index in [9.17, 15) is 14.9 Å². The molecule has 47 heavy (non-hydrogen) atoms. The van der Waals surface area contributed by atoms with Gasteiger partial charge in [-0.3, -0.25) is 19.3 Å². The van der Waals surface area contributed by atoms with E-state index in [-0.39, 0.29) is 29.2 Å². The van der Waals surface area contributed by atoms with Crippen LogP contribution in [0.3, 0.4) is 0 Å². The van der Waals surface area contributed by atoms with E-state index in [0.717, 1.165) is 66.7 Å². The third-order valence-electron chi connectivity index (χ3n) is 10.0. The summed E-state index contributed by atoms with van der Waals surface area (Å²) in [6, 6.07) is 16.2. The Hall–Kier alpha value is -5.11. The number of nitrogens with zero attached hydrogens (tertiary/aromatic N) is 7. The second kappa shape index (κ2) is 12.9. The fourth-order valence-corrected chi connectivity index (χ4v) is 7.47. The molecule has 3 aromatic heterocycles. The van der Waals surface area contributed by atoms with Gasteiger partial charge in [0, 0.05) is 63.0 Å². The molecule has 1 aromatic carbocycles. The Morgan fingerprint density at radius 2 is 1.87 bits per heavy atom. The van der Waals surface area contributed by atoms with Crippen molar-refractivity contribution in [1.29, 1.82) is 5.26 Å². The Morgan fingerprint density at radius 1 is 1.06 bits per heavy atom. The van der Waals surface area contributed by atoms with Crippen LogP contribution in [0, 0.1) is 23.2 Å². The summed E-state index contributed by atoms with van der Waals surface area (Å²) in [6.45, 7) is 1.81. The lowest BCUT2D eigenvalue weighted by atomic mass is 9.73. The van der Waals surface area contributed by atoms with Gasteiger partial charge in [-0.15, -0.1) is 0 Å². The number of carbonyl (C=O) groups excluding carboxylic acids is 2. The molecule has 1 spiro atoms. The summed E-state index contributed by atoms with van der Waals surface area (Å²) >= 11 is 0. The Bertz CT molecular complexity index is 1780. The molecule has 4 aromatic rings. The van der Waals surface area contributed by atoms with E-state index < -0.39 is 0 Å². The first-order valence-corrected chi connectivity index (χ1v) is 16.5. The van der Waals surface area contributed by atoms with Gasteiger partial charge in [0.1, 0.15) is 23.3 Å². The van der Waals surface area contributed by atoms with Gasteiger partial charge >= 0.3 is 0 Å². The van der Waals surface area contributed by atoms with Crippen LogP contribution in [0.1, 0.15) is 67.1 Å². The number of amides is 2. The molecule has 0 radical (unpaired) electrons.